The second-order valence-electron chi connectivity index (χ2n) is 3.96. The topological polar surface area (TPSA) is 75.7 Å². The van der Waals surface area contributed by atoms with Crippen molar-refractivity contribution in [2.45, 2.75) is 6.61 Å². The van der Waals surface area contributed by atoms with Crippen LogP contribution in [0.5, 0.6) is 0 Å². The first-order chi connectivity index (χ1) is 9.04. The fraction of sp³-hybridized carbons (Fsp3) is 0.231. The molecule has 0 saturated carbocycles. The molecule has 2 aromatic rings. The van der Waals surface area contributed by atoms with Crippen LogP contribution in [0.1, 0.15) is 5.56 Å². The zero-order valence-corrected chi connectivity index (χ0v) is 13.9. The fourth-order valence-electron chi connectivity index (χ4n) is 1.71. The molecule has 2 rings (SSSR count). The maximum absolute atomic E-state index is 10.2. The predicted molar refractivity (Wildman–Crippen MR) is 69.3 cm³/mol. The maximum Gasteiger partial charge on any atom is 1.00 e. The summed E-state index contributed by atoms with van der Waals surface area (Å²) < 4.78 is 39.8. The minimum absolute atomic E-state index is 0. The molecule has 0 radical (unpaired) electrons. The SMILES string of the molecule is O=S(=O)([O-])OCCOCc1ccc2ccccc2c1.[Na+]. The van der Waals surface area contributed by atoms with Crippen molar-refractivity contribution in [3.05, 3.63) is 48.0 Å². The Morgan fingerprint density at radius 1 is 1.00 bits per heavy atom. The molecule has 0 unspecified atom stereocenters. The van der Waals surface area contributed by atoms with Gasteiger partial charge in [-0.05, 0) is 22.4 Å². The molecule has 0 fully saturated rings. The third-order valence-corrected chi connectivity index (χ3v) is 2.99. The van der Waals surface area contributed by atoms with E-state index < -0.39 is 10.4 Å². The average molecular weight is 304 g/mol. The van der Waals surface area contributed by atoms with E-state index in [1.807, 2.05) is 42.5 Å². The first-order valence-corrected chi connectivity index (χ1v) is 7.03. The second kappa shape index (κ2) is 8.09. The van der Waals surface area contributed by atoms with Crippen LogP contribution in [0, 0.1) is 0 Å². The average Bonchev–Trinajstić information content (AvgIpc) is 2.37. The fourth-order valence-corrected chi connectivity index (χ4v) is 1.99. The standard InChI is InChI=1S/C13H14O5S.Na/c14-19(15,16)18-8-7-17-10-11-5-6-12-3-1-2-4-13(12)9-11;/h1-6,9H,7-8,10H2,(H,14,15,16);/q;+1/p-1. The van der Waals surface area contributed by atoms with Crippen LogP contribution in [-0.4, -0.2) is 26.2 Å². The Balaban J connectivity index is 0.00000200. The summed E-state index contributed by atoms with van der Waals surface area (Å²) in [5, 5.41) is 2.26. The summed E-state index contributed by atoms with van der Waals surface area (Å²) in [6, 6.07) is 13.9. The summed E-state index contributed by atoms with van der Waals surface area (Å²) in [5.74, 6) is 0. The molecule has 0 aromatic heterocycles. The van der Waals surface area contributed by atoms with Crippen LogP contribution in [0.15, 0.2) is 42.5 Å². The molecular weight excluding hydrogens is 291 g/mol. The third kappa shape index (κ3) is 5.88. The van der Waals surface area contributed by atoms with E-state index in [2.05, 4.69) is 4.18 Å². The number of ether oxygens (including phenoxy) is 1. The predicted octanol–water partition coefficient (Wildman–Crippen LogP) is -1.16. The van der Waals surface area contributed by atoms with E-state index in [0.29, 0.717) is 6.61 Å². The molecule has 0 aliphatic rings. The Bertz CT molecular complexity index is 657. The minimum atomic E-state index is -4.63. The van der Waals surface area contributed by atoms with Crippen molar-refractivity contribution in [3.63, 3.8) is 0 Å². The summed E-state index contributed by atoms with van der Waals surface area (Å²) in [4.78, 5) is 0. The van der Waals surface area contributed by atoms with E-state index in [4.69, 9.17) is 4.74 Å². The molecule has 0 spiro atoms. The summed E-state index contributed by atoms with van der Waals surface area (Å²) in [7, 11) is -4.63. The smallest absolute Gasteiger partial charge is 0.726 e. The summed E-state index contributed by atoms with van der Waals surface area (Å²) in [6.45, 7) is 0.126. The number of hydrogen-bond acceptors (Lipinski definition) is 5. The number of benzene rings is 2. The van der Waals surface area contributed by atoms with Crippen molar-refractivity contribution >= 4 is 21.2 Å². The summed E-state index contributed by atoms with van der Waals surface area (Å²) >= 11 is 0. The van der Waals surface area contributed by atoms with Crippen LogP contribution >= 0.6 is 0 Å². The Labute approximate surface area is 140 Å². The van der Waals surface area contributed by atoms with Crippen LogP contribution in [0.3, 0.4) is 0 Å². The van der Waals surface area contributed by atoms with Crippen molar-refractivity contribution in [1.29, 1.82) is 0 Å². The maximum atomic E-state index is 10.2. The monoisotopic (exact) mass is 304 g/mol. The van der Waals surface area contributed by atoms with E-state index in [9.17, 15) is 13.0 Å². The van der Waals surface area contributed by atoms with Gasteiger partial charge in [-0.1, -0.05) is 36.4 Å². The van der Waals surface area contributed by atoms with Gasteiger partial charge in [0.05, 0.1) is 19.8 Å². The van der Waals surface area contributed by atoms with Crippen LogP contribution in [-0.2, 0) is 25.9 Å². The Kier molecular flexibility index (Phi) is 7.11. The Morgan fingerprint density at radius 2 is 1.70 bits per heavy atom. The van der Waals surface area contributed by atoms with Crippen LogP contribution in [0.4, 0.5) is 0 Å². The van der Waals surface area contributed by atoms with E-state index in [0.717, 1.165) is 16.3 Å². The van der Waals surface area contributed by atoms with Crippen LogP contribution < -0.4 is 29.6 Å². The van der Waals surface area contributed by atoms with Crippen LogP contribution in [0.2, 0.25) is 0 Å². The minimum Gasteiger partial charge on any atom is -0.726 e. The van der Waals surface area contributed by atoms with Gasteiger partial charge in [0, 0.05) is 0 Å². The molecule has 5 nitrogen and oxygen atoms in total. The van der Waals surface area contributed by atoms with Gasteiger partial charge in [-0.25, -0.2) is 8.42 Å². The Hall–Kier alpha value is -0.470. The molecule has 0 aliphatic heterocycles. The number of hydrogen-bond donors (Lipinski definition) is 0. The Morgan fingerprint density at radius 3 is 2.40 bits per heavy atom. The van der Waals surface area contributed by atoms with Crippen molar-refractivity contribution in [2.24, 2.45) is 0 Å². The molecule has 0 amide bonds. The molecule has 0 heterocycles. The van der Waals surface area contributed by atoms with E-state index in [1.54, 1.807) is 0 Å². The van der Waals surface area contributed by atoms with Gasteiger partial charge >= 0.3 is 29.6 Å². The van der Waals surface area contributed by atoms with Gasteiger partial charge in [0.1, 0.15) is 0 Å². The molecule has 2 aromatic carbocycles. The van der Waals surface area contributed by atoms with Gasteiger partial charge in [-0.2, -0.15) is 0 Å². The third-order valence-electron chi connectivity index (χ3n) is 2.54. The molecule has 20 heavy (non-hydrogen) atoms. The molecular formula is C13H13NaO5S. The van der Waals surface area contributed by atoms with Gasteiger partial charge in [0.25, 0.3) is 0 Å². The van der Waals surface area contributed by atoms with Gasteiger partial charge in [-0.15, -0.1) is 0 Å². The molecule has 0 atom stereocenters. The van der Waals surface area contributed by atoms with E-state index in [-0.39, 0.29) is 42.8 Å². The van der Waals surface area contributed by atoms with Crippen LogP contribution in [0.25, 0.3) is 10.8 Å². The van der Waals surface area contributed by atoms with E-state index in [1.165, 1.54) is 0 Å². The summed E-state index contributed by atoms with van der Waals surface area (Å²) in [5.41, 5.74) is 0.976. The summed E-state index contributed by atoms with van der Waals surface area (Å²) in [6.07, 6.45) is 0. The van der Waals surface area contributed by atoms with Gasteiger partial charge in [-0.3, -0.25) is 4.18 Å². The molecule has 0 bridgehead atoms. The quantitative estimate of drug-likeness (QED) is 0.291. The number of fused-ring (bicyclic) bond motifs is 1. The molecule has 0 saturated heterocycles. The first-order valence-electron chi connectivity index (χ1n) is 5.70. The first kappa shape index (κ1) is 17.6. The zero-order valence-electron chi connectivity index (χ0n) is 11.1. The molecule has 0 aliphatic carbocycles. The van der Waals surface area contributed by atoms with Crippen molar-refractivity contribution in [3.8, 4) is 0 Å². The molecule has 7 heteroatoms. The van der Waals surface area contributed by atoms with E-state index >= 15 is 0 Å². The normalized spacial score (nSPS) is 11.2. The largest absolute Gasteiger partial charge is 1.00 e. The zero-order chi connectivity index (χ0) is 13.7. The van der Waals surface area contributed by atoms with Crippen molar-refractivity contribution in [2.75, 3.05) is 13.2 Å². The van der Waals surface area contributed by atoms with Crippen molar-refractivity contribution < 1.29 is 51.4 Å². The second-order valence-corrected chi connectivity index (χ2v) is 5.02. The van der Waals surface area contributed by atoms with Gasteiger partial charge in [0.2, 0.25) is 10.4 Å². The molecule has 102 valence electrons. The van der Waals surface area contributed by atoms with Crippen molar-refractivity contribution in [1.82, 2.24) is 0 Å². The van der Waals surface area contributed by atoms with Gasteiger partial charge < -0.3 is 9.29 Å². The van der Waals surface area contributed by atoms with Gasteiger partial charge in [0.15, 0.2) is 0 Å². The molecule has 0 N–H and O–H groups in total. The number of rotatable bonds is 6.